The largest absolute Gasteiger partial charge is 0.396 e. The van der Waals surface area contributed by atoms with Crippen LogP contribution < -0.4 is 0 Å². The molecule has 90 valence electrons. The van der Waals surface area contributed by atoms with Crippen LogP contribution in [-0.2, 0) is 6.54 Å². The molecule has 1 aromatic carbocycles. The number of aliphatic hydroxyl groups is 1. The van der Waals surface area contributed by atoms with Crippen LogP contribution >= 0.6 is 0 Å². The molecule has 1 aromatic rings. The molecule has 0 radical (unpaired) electrons. The average molecular weight is 221 g/mol. The van der Waals surface area contributed by atoms with Gasteiger partial charge in [-0.05, 0) is 24.4 Å². The molecular weight excluding hydrogens is 198 g/mol. The maximum absolute atomic E-state index is 9.21. The highest BCUT2D eigenvalue weighted by atomic mass is 16.3. The summed E-state index contributed by atoms with van der Waals surface area (Å²) < 4.78 is 0. The fourth-order valence-corrected chi connectivity index (χ4v) is 1.83. The van der Waals surface area contributed by atoms with Gasteiger partial charge in [0.15, 0.2) is 0 Å². The Morgan fingerprint density at radius 3 is 2.38 bits per heavy atom. The summed E-state index contributed by atoms with van der Waals surface area (Å²) in [6, 6.07) is 10.5. The number of rotatable bonds is 7. The third-order valence-electron chi connectivity index (χ3n) is 3.05. The Balaban J connectivity index is 2.49. The third kappa shape index (κ3) is 4.33. The lowest BCUT2D eigenvalue weighted by Gasteiger charge is -2.24. The van der Waals surface area contributed by atoms with Gasteiger partial charge in [-0.1, -0.05) is 44.2 Å². The first-order chi connectivity index (χ1) is 7.80. The lowest BCUT2D eigenvalue weighted by atomic mass is 10.1. The Morgan fingerprint density at radius 2 is 1.88 bits per heavy atom. The Morgan fingerprint density at radius 1 is 1.19 bits per heavy atom. The van der Waals surface area contributed by atoms with E-state index in [0.717, 1.165) is 26.1 Å². The van der Waals surface area contributed by atoms with Crippen molar-refractivity contribution in [2.45, 2.75) is 26.8 Å². The Kier molecular flexibility index (Phi) is 6.12. The van der Waals surface area contributed by atoms with Crippen molar-refractivity contribution in [3.8, 4) is 0 Å². The summed E-state index contributed by atoms with van der Waals surface area (Å²) in [4.78, 5) is 2.39. The predicted molar refractivity (Wildman–Crippen MR) is 68.3 cm³/mol. The molecule has 0 saturated heterocycles. The van der Waals surface area contributed by atoms with Crippen LogP contribution in [0.1, 0.15) is 25.8 Å². The zero-order valence-corrected chi connectivity index (χ0v) is 10.4. The number of hydrogen-bond acceptors (Lipinski definition) is 2. The Labute approximate surface area is 98.9 Å². The van der Waals surface area contributed by atoms with E-state index in [-0.39, 0.29) is 0 Å². The van der Waals surface area contributed by atoms with Crippen molar-refractivity contribution in [1.29, 1.82) is 0 Å². The molecule has 0 aliphatic rings. The molecule has 0 bridgehead atoms. The van der Waals surface area contributed by atoms with E-state index in [0.29, 0.717) is 12.5 Å². The average Bonchev–Trinajstić information content (AvgIpc) is 2.35. The maximum Gasteiger partial charge on any atom is 0.0471 e. The van der Waals surface area contributed by atoms with Gasteiger partial charge in [0.25, 0.3) is 0 Å². The summed E-state index contributed by atoms with van der Waals surface area (Å²) in [6.07, 6.45) is 1.04. The number of aliphatic hydroxyl groups excluding tert-OH is 1. The van der Waals surface area contributed by atoms with Crippen LogP contribution in [0.4, 0.5) is 0 Å². The van der Waals surface area contributed by atoms with E-state index in [1.807, 2.05) is 6.07 Å². The molecule has 0 heterocycles. The van der Waals surface area contributed by atoms with Crippen molar-refractivity contribution in [3.05, 3.63) is 35.9 Å². The van der Waals surface area contributed by atoms with Crippen molar-refractivity contribution < 1.29 is 5.11 Å². The van der Waals surface area contributed by atoms with Crippen LogP contribution in [0.15, 0.2) is 30.3 Å². The van der Waals surface area contributed by atoms with Crippen molar-refractivity contribution in [2.24, 2.45) is 5.92 Å². The molecular formula is C14H23NO. The van der Waals surface area contributed by atoms with Crippen molar-refractivity contribution >= 4 is 0 Å². The van der Waals surface area contributed by atoms with Crippen LogP contribution in [0.3, 0.4) is 0 Å². The monoisotopic (exact) mass is 221 g/mol. The molecule has 1 N–H and O–H groups in total. The van der Waals surface area contributed by atoms with E-state index in [4.69, 9.17) is 0 Å². The van der Waals surface area contributed by atoms with Crippen LogP contribution in [0.2, 0.25) is 0 Å². The van der Waals surface area contributed by atoms with Gasteiger partial charge >= 0.3 is 0 Å². The van der Waals surface area contributed by atoms with Gasteiger partial charge in [-0.2, -0.15) is 0 Å². The van der Waals surface area contributed by atoms with Crippen LogP contribution in [0.25, 0.3) is 0 Å². The molecule has 2 heteroatoms. The van der Waals surface area contributed by atoms with Crippen molar-refractivity contribution in [3.63, 3.8) is 0 Å². The van der Waals surface area contributed by atoms with Crippen LogP contribution in [0.5, 0.6) is 0 Å². The number of benzene rings is 1. The molecule has 0 aliphatic carbocycles. The van der Waals surface area contributed by atoms with E-state index in [9.17, 15) is 5.11 Å². The third-order valence-corrected chi connectivity index (χ3v) is 3.05. The summed E-state index contributed by atoms with van der Waals surface area (Å²) in [6.45, 7) is 7.60. The smallest absolute Gasteiger partial charge is 0.0471 e. The van der Waals surface area contributed by atoms with E-state index < -0.39 is 0 Å². The second-order valence-corrected chi connectivity index (χ2v) is 4.27. The SMILES string of the molecule is CCC(CO)CN(CC)Cc1ccccc1. The molecule has 0 aromatic heterocycles. The van der Waals surface area contributed by atoms with Crippen LogP contribution in [-0.4, -0.2) is 29.7 Å². The molecule has 1 atom stereocenters. The molecule has 0 spiro atoms. The summed E-state index contributed by atoms with van der Waals surface area (Å²) in [5, 5.41) is 9.21. The maximum atomic E-state index is 9.21. The highest BCUT2D eigenvalue weighted by molar-refractivity contribution is 5.14. The highest BCUT2D eigenvalue weighted by Gasteiger charge is 2.10. The van der Waals surface area contributed by atoms with E-state index in [2.05, 4.69) is 43.0 Å². The quantitative estimate of drug-likeness (QED) is 0.765. The normalized spacial score (nSPS) is 13.0. The standard InChI is InChI=1S/C14H23NO/c1-3-13(12-16)10-15(4-2)11-14-8-6-5-7-9-14/h5-9,13,16H,3-4,10-12H2,1-2H3. The Bertz CT molecular complexity index is 269. The van der Waals surface area contributed by atoms with Crippen molar-refractivity contribution in [2.75, 3.05) is 19.7 Å². The van der Waals surface area contributed by atoms with Gasteiger partial charge in [-0.25, -0.2) is 0 Å². The first-order valence-electron chi connectivity index (χ1n) is 6.17. The second-order valence-electron chi connectivity index (χ2n) is 4.27. The van der Waals surface area contributed by atoms with Gasteiger partial charge in [-0.15, -0.1) is 0 Å². The predicted octanol–water partition coefficient (Wildman–Crippen LogP) is 2.53. The zero-order valence-electron chi connectivity index (χ0n) is 10.4. The molecule has 1 rings (SSSR count). The fraction of sp³-hybridized carbons (Fsp3) is 0.571. The van der Waals surface area contributed by atoms with E-state index in [1.165, 1.54) is 5.56 Å². The molecule has 0 saturated carbocycles. The van der Waals surface area contributed by atoms with Gasteiger partial charge in [0.1, 0.15) is 0 Å². The lowest BCUT2D eigenvalue weighted by molar-refractivity contribution is 0.160. The van der Waals surface area contributed by atoms with Crippen LogP contribution in [0, 0.1) is 5.92 Å². The Hall–Kier alpha value is -0.860. The van der Waals surface area contributed by atoms with Gasteiger partial charge in [0.2, 0.25) is 0 Å². The summed E-state index contributed by atoms with van der Waals surface area (Å²) in [5.74, 6) is 0.406. The molecule has 0 amide bonds. The first-order valence-corrected chi connectivity index (χ1v) is 6.17. The van der Waals surface area contributed by atoms with Gasteiger partial charge in [0.05, 0.1) is 0 Å². The van der Waals surface area contributed by atoms with Crippen molar-refractivity contribution in [1.82, 2.24) is 4.90 Å². The summed E-state index contributed by atoms with van der Waals surface area (Å²) >= 11 is 0. The minimum Gasteiger partial charge on any atom is -0.396 e. The topological polar surface area (TPSA) is 23.5 Å². The fourth-order valence-electron chi connectivity index (χ4n) is 1.83. The van der Waals surface area contributed by atoms with E-state index >= 15 is 0 Å². The molecule has 16 heavy (non-hydrogen) atoms. The molecule has 1 unspecified atom stereocenters. The van der Waals surface area contributed by atoms with Gasteiger partial charge in [-0.3, -0.25) is 4.90 Å². The molecule has 0 fully saturated rings. The minimum atomic E-state index is 0.293. The highest BCUT2D eigenvalue weighted by Crippen LogP contribution is 2.09. The number of hydrogen-bond donors (Lipinski definition) is 1. The van der Waals surface area contributed by atoms with Gasteiger partial charge < -0.3 is 5.11 Å². The molecule has 2 nitrogen and oxygen atoms in total. The van der Waals surface area contributed by atoms with Gasteiger partial charge in [0, 0.05) is 19.7 Å². The minimum absolute atomic E-state index is 0.293. The zero-order chi connectivity index (χ0) is 11.8. The summed E-state index contributed by atoms with van der Waals surface area (Å²) in [5.41, 5.74) is 1.34. The second kappa shape index (κ2) is 7.42. The molecule has 0 aliphatic heterocycles. The lowest BCUT2D eigenvalue weighted by Crippen LogP contribution is -2.30. The number of nitrogens with zero attached hydrogens (tertiary/aromatic N) is 1. The first kappa shape index (κ1) is 13.2. The summed E-state index contributed by atoms with van der Waals surface area (Å²) in [7, 11) is 0. The van der Waals surface area contributed by atoms with E-state index in [1.54, 1.807) is 0 Å².